The second kappa shape index (κ2) is 7.25. The molecular formula is C13H27NO2. The largest absolute Gasteiger partial charge is 0.380 e. The lowest BCUT2D eigenvalue weighted by Crippen LogP contribution is -2.54. The predicted octanol–water partition coefficient (Wildman–Crippen LogP) is 2.35. The maximum atomic E-state index is 5.98. The molecule has 1 fully saturated rings. The number of rotatable bonds is 7. The number of hydrogen-bond donors (Lipinski definition) is 1. The summed E-state index contributed by atoms with van der Waals surface area (Å²) in [5, 5.41) is 3.56. The normalized spacial score (nSPS) is 27.9. The van der Waals surface area contributed by atoms with Gasteiger partial charge in [-0.25, -0.2) is 0 Å². The molecule has 1 aliphatic rings. The Morgan fingerprint density at radius 1 is 1.38 bits per heavy atom. The van der Waals surface area contributed by atoms with Crippen molar-refractivity contribution in [3.63, 3.8) is 0 Å². The lowest BCUT2D eigenvalue weighted by Gasteiger charge is -2.41. The minimum absolute atomic E-state index is 0.0391. The molecule has 1 rings (SSSR count). The van der Waals surface area contributed by atoms with Gasteiger partial charge in [0.05, 0.1) is 18.2 Å². The maximum absolute atomic E-state index is 5.98. The molecule has 0 aromatic carbocycles. The minimum atomic E-state index is -0.0391. The lowest BCUT2D eigenvalue weighted by atomic mass is 9.88. The maximum Gasteiger partial charge on any atom is 0.0829 e. The summed E-state index contributed by atoms with van der Waals surface area (Å²) in [5.74, 6) is 0. The van der Waals surface area contributed by atoms with Gasteiger partial charge in [0.15, 0.2) is 0 Å². The van der Waals surface area contributed by atoms with E-state index < -0.39 is 0 Å². The van der Waals surface area contributed by atoms with Crippen molar-refractivity contribution in [3.8, 4) is 0 Å². The van der Waals surface area contributed by atoms with Gasteiger partial charge in [0.1, 0.15) is 0 Å². The molecule has 2 atom stereocenters. The van der Waals surface area contributed by atoms with Crippen LogP contribution in [0.25, 0.3) is 0 Å². The Morgan fingerprint density at radius 3 is 2.75 bits per heavy atom. The van der Waals surface area contributed by atoms with Gasteiger partial charge in [-0.3, -0.25) is 0 Å². The minimum Gasteiger partial charge on any atom is -0.380 e. The van der Waals surface area contributed by atoms with Crippen LogP contribution in [0.5, 0.6) is 0 Å². The second-order valence-electron chi connectivity index (χ2n) is 4.78. The van der Waals surface area contributed by atoms with E-state index in [0.717, 1.165) is 39.2 Å². The van der Waals surface area contributed by atoms with Crippen molar-refractivity contribution >= 4 is 0 Å². The molecule has 1 heterocycles. The van der Waals surface area contributed by atoms with Crippen molar-refractivity contribution in [2.24, 2.45) is 0 Å². The summed E-state index contributed by atoms with van der Waals surface area (Å²) in [6.07, 6.45) is 4.76. The van der Waals surface area contributed by atoms with E-state index in [1.54, 1.807) is 0 Å². The molecular weight excluding hydrogens is 202 g/mol. The molecule has 1 aliphatic heterocycles. The van der Waals surface area contributed by atoms with Crippen LogP contribution in [0.1, 0.15) is 46.5 Å². The first-order valence-electron chi connectivity index (χ1n) is 6.68. The summed E-state index contributed by atoms with van der Waals surface area (Å²) < 4.78 is 11.5. The van der Waals surface area contributed by atoms with Crippen LogP contribution in [0.15, 0.2) is 0 Å². The van der Waals surface area contributed by atoms with Crippen molar-refractivity contribution < 1.29 is 9.47 Å². The molecule has 0 saturated carbocycles. The van der Waals surface area contributed by atoms with E-state index in [4.69, 9.17) is 9.47 Å². The van der Waals surface area contributed by atoms with Crippen LogP contribution >= 0.6 is 0 Å². The Kier molecular flexibility index (Phi) is 6.32. The smallest absolute Gasteiger partial charge is 0.0829 e. The Hall–Kier alpha value is -0.120. The molecule has 0 spiro atoms. The molecule has 0 aromatic rings. The van der Waals surface area contributed by atoms with E-state index in [-0.39, 0.29) is 5.60 Å². The van der Waals surface area contributed by atoms with Gasteiger partial charge in [-0.2, -0.15) is 0 Å². The van der Waals surface area contributed by atoms with Gasteiger partial charge >= 0.3 is 0 Å². The van der Waals surface area contributed by atoms with Crippen LogP contribution in [-0.4, -0.2) is 38.0 Å². The van der Waals surface area contributed by atoms with Crippen molar-refractivity contribution in [1.29, 1.82) is 0 Å². The molecule has 0 aliphatic carbocycles. The van der Waals surface area contributed by atoms with Gasteiger partial charge in [0.2, 0.25) is 0 Å². The van der Waals surface area contributed by atoms with E-state index >= 15 is 0 Å². The monoisotopic (exact) mass is 229 g/mol. The van der Waals surface area contributed by atoms with E-state index in [2.05, 4.69) is 19.2 Å². The SMILES string of the molecule is CCCNC(COCC)C1(C)CCCCO1. The molecule has 16 heavy (non-hydrogen) atoms. The first-order chi connectivity index (χ1) is 7.73. The first-order valence-corrected chi connectivity index (χ1v) is 6.68. The van der Waals surface area contributed by atoms with Gasteiger partial charge < -0.3 is 14.8 Å². The molecule has 0 radical (unpaired) electrons. The predicted molar refractivity (Wildman–Crippen MR) is 66.8 cm³/mol. The average molecular weight is 229 g/mol. The quantitative estimate of drug-likeness (QED) is 0.727. The lowest BCUT2D eigenvalue weighted by molar-refractivity contribution is -0.103. The molecule has 0 aromatic heterocycles. The first kappa shape index (κ1) is 13.9. The van der Waals surface area contributed by atoms with Gasteiger partial charge in [0, 0.05) is 13.2 Å². The standard InChI is InChI=1S/C13H27NO2/c1-4-9-14-12(11-15-5-2)13(3)8-6-7-10-16-13/h12,14H,4-11H2,1-3H3. The molecule has 0 bridgehead atoms. The van der Waals surface area contributed by atoms with E-state index in [0.29, 0.717) is 6.04 Å². The molecule has 3 nitrogen and oxygen atoms in total. The zero-order chi connectivity index (χ0) is 11.9. The number of hydrogen-bond acceptors (Lipinski definition) is 3. The van der Waals surface area contributed by atoms with Gasteiger partial charge in [-0.05, 0) is 46.1 Å². The van der Waals surface area contributed by atoms with Crippen molar-refractivity contribution in [3.05, 3.63) is 0 Å². The van der Waals surface area contributed by atoms with Crippen LogP contribution < -0.4 is 5.32 Å². The van der Waals surface area contributed by atoms with Crippen molar-refractivity contribution in [2.45, 2.75) is 58.1 Å². The highest BCUT2D eigenvalue weighted by Crippen LogP contribution is 2.28. The van der Waals surface area contributed by atoms with E-state index in [1.807, 2.05) is 6.92 Å². The zero-order valence-corrected chi connectivity index (χ0v) is 11.1. The summed E-state index contributed by atoms with van der Waals surface area (Å²) >= 11 is 0. The molecule has 1 N–H and O–H groups in total. The van der Waals surface area contributed by atoms with Crippen LogP contribution in [0.4, 0.5) is 0 Å². The fraction of sp³-hybridized carbons (Fsp3) is 1.00. The van der Waals surface area contributed by atoms with Crippen LogP contribution in [0.3, 0.4) is 0 Å². The summed E-state index contributed by atoms with van der Waals surface area (Å²) in [4.78, 5) is 0. The van der Waals surface area contributed by atoms with Crippen LogP contribution in [-0.2, 0) is 9.47 Å². The molecule has 96 valence electrons. The fourth-order valence-corrected chi connectivity index (χ4v) is 2.24. The van der Waals surface area contributed by atoms with Gasteiger partial charge in [-0.15, -0.1) is 0 Å². The molecule has 2 unspecified atom stereocenters. The highest BCUT2D eigenvalue weighted by atomic mass is 16.5. The van der Waals surface area contributed by atoms with Crippen molar-refractivity contribution in [1.82, 2.24) is 5.32 Å². The topological polar surface area (TPSA) is 30.5 Å². The molecule has 3 heteroatoms. The highest BCUT2D eigenvalue weighted by Gasteiger charge is 2.36. The van der Waals surface area contributed by atoms with Crippen molar-refractivity contribution in [2.75, 3.05) is 26.4 Å². The number of nitrogens with one attached hydrogen (secondary N) is 1. The summed E-state index contributed by atoms with van der Waals surface area (Å²) in [6.45, 7) is 9.92. The number of ether oxygens (including phenoxy) is 2. The van der Waals surface area contributed by atoms with E-state index in [9.17, 15) is 0 Å². The van der Waals surface area contributed by atoms with Crippen LogP contribution in [0.2, 0.25) is 0 Å². The molecule has 0 amide bonds. The van der Waals surface area contributed by atoms with Crippen LogP contribution in [0, 0.1) is 0 Å². The zero-order valence-electron chi connectivity index (χ0n) is 11.1. The third kappa shape index (κ3) is 4.04. The Bertz CT molecular complexity index is 171. The third-order valence-corrected chi connectivity index (χ3v) is 3.37. The van der Waals surface area contributed by atoms with Gasteiger partial charge in [-0.1, -0.05) is 6.92 Å². The third-order valence-electron chi connectivity index (χ3n) is 3.37. The summed E-state index contributed by atoms with van der Waals surface area (Å²) in [7, 11) is 0. The molecule has 1 saturated heterocycles. The highest BCUT2D eigenvalue weighted by molar-refractivity contribution is 4.91. The second-order valence-corrected chi connectivity index (χ2v) is 4.78. The Morgan fingerprint density at radius 2 is 2.19 bits per heavy atom. The van der Waals surface area contributed by atoms with E-state index in [1.165, 1.54) is 12.8 Å². The Labute approximate surface area is 99.9 Å². The Balaban J connectivity index is 2.50. The summed E-state index contributed by atoms with van der Waals surface area (Å²) in [5.41, 5.74) is -0.0391. The average Bonchev–Trinajstić information content (AvgIpc) is 2.30. The fourth-order valence-electron chi connectivity index (χ4n) is 2.24. The van der Waals surface area contributed by atoms with Gasteiger partial charge in [0.25, 0.3) is 0 Å². The summed E-state index contributed by atoms with van der Waals surface area (Å²) in [6, 6.07) is 0.327.